The summed E-state index contributed by atoms with van der Waals surface area (Å²) >= 11 is 5.77. The van der Waals surface area contributed by atoms with Crippen LogP contribution >= 0.6 is 11.6 Å². The Balaban J connectivity index is 2.07. The zero-order valence-electron chi connectivity index (χ0n) is 12.8. The Labute approximate surface area is 144 Å². The topological polar surface area (TPSA) is 101 Å². The maximum atomic E-state index is 11.5. The molecule has 2 aromatic carbocycles. The molecule has 7 nitrogen and oxygen atoms in total. The molecule has 0 aromatic heterocycles. The van der Waals surface area contributed by atoms with Crippen LogP contribution in [0.5, 0.6) is 0 Å². The number of nitrogens with one attached hydrogen (secondary N) is 2. The van der Waals surface area contributed by atoms with E-state index in [4.69, 9.17) is 11.6 Å². The molecule has 2 aromatic rings. The van der Waals surface area contributed by atoms with Crippen molar-refractivity contribution in [2.75, 3.05) is 12.4 Å². The van der Waals surface area contributed by atoms with Crippen LogP contribution in [0.4, 0.5) is 11.4 Å². The molecule has 9 heteroatoms. The van der Waals surface area contributed by atoms with Gasteiger partial charge in [-0.05, 0) is 30.3 Å². The van der Waals surface area contributed by atoms with Gasteiger partial charge < -0.3 is 5.32 Å². The zero-order chi connectivity index (χ0) is 17.7. The number of sulfonamides is 1. The van der Waals surface area contributed by atoms with Crippen molar-refractivity contribution in [3.63, 3.8) is 0 Å². The third-order valence-electron chi connectivity index (χ3n) is 3.33. The van der Waals surface area contributed by atoms with Crippen LogP contribution in [-0.2, 0) is 22.3 Å². The number of nitro groups is 1. The van der Waals surface area contributed by atoms with Crippen molar-refractivity contribution in [3.05, 3.63) is 68.7 Å². The molecule has 0 radical (unpaired) electrons. The first-order chi connectivity index (χ1) is 11.3. The molecule has 24 heavy (non-hydrogen) atoms. The summed E-state index contributed by atoms with van der Waals surface area (Å²) in [5, 5.41) is 14.3. The second-order valence-corrected chi connectivity index (χ2v) is 7.41. The minimum atomic E-state index is -3.31. The van der Waals surface area contributed by atoms with Crippen LogP contribution in [-0.4, -0.2) is 20.4 Å². The zero-order valence-corrected chi connectivity index (χ0v) is 14.4. The van der Waals surface area contributed by atoms with Gasteiger partial charge >= 0.3 is 0 Å². The van der Waals surface area contributed by atoms with E-state index in [1.807, 2.05) is 0 Å². The molecule has 2 N–H and O–H groups in total. The predicted molar refractivity (Wildman–Crippen MR) is 93.6 cm³/mol. The van der Waals surface area contributed by atoms with Crippen molar-refractivity contribution in [3.8, 4) is 0 Å². The van der Waals surface area contributed by atoms with Crippen molar-refractivity contribution in [2.45, 2.75) is 12.3 Å². The highest BCUT2D eigenvalue weighted by atomic mass is 35.5. The molecule has 0 fully saturated rings. The van der Waals surface area contributed by atoms with E-state index >= 15 is 0 Å². The van der Waals surface area contributed by atoms with Crippen molar-refractivity contribution in [2.24, 2.45) is 0 Å². The Morgan fingerprint density at radius 3 is 2.33 bits per heavy atom. The van der Waals surface area contributed by atoms with Gasteiger partial charge in [0.25, 0.3) is 5.69 Å². The predicted octanol–water partition coefficient (Wildman–Crippen LogP) is 2.91. The largest absolute Gasteiger partial charge is 0.375 e. The van der Waals surface area contributed by atoms with Crippen molar-refractivity contribution >= 4 is 33.0 Å². The van der Waals surface area contributed by atoms with Gasteiger partial charge in [0.05, 0.1) is 10.7 Å². The molecule has 0 aliphatic rings. The number of benzene rings is 2. The van der Waals surface area contributed by atoms with E-state index in [0.717, 1.165) is 5.56 Å². The van der Waals surface area contributed by atoms with Crippen LogP contribution in [0.1, 0.15) is 11.1 Å². The fourth-order valence-electron chi connectivity index (χ4n) is 2.05. The number of nitro benzene ring substituents is 1. The number of hydrogen-bond donors (Lipinski definition) is 2. The van der Waals surface area contributed by atoms with E-state index < -0.39 is 14.9 Å². The fraction of sp³-hybridized carbons (Fsp3) is 0.200. The first kappa shape index (κ1) is 18.2. The third-order valence-corrected chi connectivity index (χ3v) is 4.90. The lowest BCUT2D eigenvalue weighted by molar-refractivity contribution is -0.383. The molecule has 0 spiro atoms. The number of anilines is 1. The molecular formula is C15H16ClN3O4S. The Bertz CT molecular complexity index is 838. The average molecular weight is 370 g/mol. The fourth-order valence-corrected chi connectivity index (χ4v) is 2.99. The summed E-state index contributed by atoms with van der Waals surface area (Å²) in [6, 6.07) is 11.4. The van der Waals surface area contributed by atoms with Crippen LogP contribution in [0.15, 0.2) is 42.5 Å². The van der Waals surface area contributed by atoms with Crippen molar-refractivity contribution in [1.29, 1.82) is 0 Å². The van der Waals surface area contributed by atoms with Crippen LogP contribution in [0.2, 0.25) is 5.02 Å². The van der Waals surface area contributed by atoms with Gasteiger partial charge in [-0.15, -0.1) is 0 Å². The average Bonchev–Trinajstić information content (AvgIpc) is 2.54. The molecule has 0 amide bonds. The summed E-state index contributed by atoms with van der Waals surface area (Å²) < 4.78 is 25.2. The molecule has 0 bridgehead atoms. The molecule has 0 saturated heterocycles. The number of nitrogens with zero attached hydrogens (tertiary/aromatic N) is 1. The molecule has 0 aliphatic carbocycles. The van der Waals surface area contributed by atoms with E-state index in [-0.39, 0.29) is 11.4 Å². The van der Waals surface area contributed by atoms with Gasteiger partial charge in [-0.1, -0.05) is 35.9 Å². The third kappa shape index (κ3) is 4.92. The van der Waals surface area contributed by atoms with Gasteiger partial charge in [0.2, 0.25) is 10.0 Å². The summed E-state index contributed by atoms with van der Waals surface area (Å²) in [5.74, 6) is -0.0974. The normalized spacial score (nSPS) is 11.2. The first-order valence-electron chi connectivity index (χ1n) is 6.97. The Morgan fingerprint density at radius 2 is 1.75 bits per heavy atom. The second-order valence-electron chi connectivity index (χ2n) is 5.05. The van der Waals surface area contributed by atoms with E-state index in [1.54, 1.807) is 36.4 Å². The SMILES string of the molecule is CNS(=O)(=O)Cc1ccc(CNc2ccc(Cl)cc2[N+](=O)[O-])cc1. The summed E-state index contributed by atoms with van der Waals surface area (Å²) in [5.41, 5.74) is 1.79. The first-order valence-corrected chi connectivity index (χ1v) is 9.00. The molecule has 0 aliphatic heterocycles. The second kappa shape index (κ2) is 7.61. The monoisotopic (exact) mass is 369 g/mol. The van der Waals surface area contributed by atoms with Crippen LogP contribution in [0.25, 0.3) is 0 Å². The summed E-state index contributed by atoms with van der Waals surface area (Å²) in [7, 11) is -1.95. The van der Waals surface area contributed by atoms with Crippen LogP contribution in [0, 0.1) is 10.1 Å². The lowest BCUT2D eigenvalue weighted by Gasteiger charge is -2.08. The molecule has 0 saturated carbocycles. The lowest BCUT2D eigenvalue weighted by atomic mass is 10.1. The number of rotatable bonds is 7. The van der Waals surface area contributed by atoms with Crippen LogP contribution < -0.4 is 10.0 Å². The van der Waals surface area contributed by atoms with Gasteiger partial charge in [-0.2, -0.15) is 0 Å². The molecule has 0 heterocycles. The quantitative estimate of drug-likeness (QED) is 0.577. The molecule has 128 valence electrons. The standard InChI is InChI=1S/C15H16ClN3O4S/c1-17-24(22,23)10-12-4-2-11(3-5-12)9-18-14-7-6-13(16)8-15(14)19(20)21/h2-8,17-18H,9-10H2,1H3. The van der Waals surface area contributed by atoms with Gasteiger partial charge in [0.1, 0.15) is 5.69 Å². The molecule has 0 atom stereocenters. The van der Waals surface area contributed by atoms with E-state index in [1.165, 1.54) is 13.1 Å². The van der Waals surface area contributed by atoms with Crippen molar-refractivity contribution in [1.82, 2.24) is 4.72 Å². The molecule has 2 rings (SSSR count). The Morgan fingerprint density at radius 1 is 1.12 bits per heavy atom. The summed E-state index contributed by atoms with van der Waals surface area (Å²) in [6.45, 7) is 0.363. The highest BCUT2D eigenvalue weighted by molar-refractivity contribution is 7.88. The highest BCUT2D eigenvalue weighted by Gasteiger charge is 2.14. The number of hydrogen-bond acceptors (Lipinski definition) is 5. The highest BCUT2D eigenvalue weighted by Crippen LogP contribution is 2.28. The van der Waals surface area contributed by atoms with Gasteiger partial charge in [0, 0.05) is 17.6 Å². The lowest BCUT2D eigenvalue weighted by Crippen LogP contribution is -2.20. The minimum Gasteiger partial charge on any atom is -0.375 e. The van der Waals surface area contributed by atoms with Gasteiger partial charge in [-0.25, -0.2) is 13.1 Å². The Kier molecular flexibility index (Phi) is 5.76. The van der Waals surface area contributed by atoms with Gasteiger partial charge in [-0.3, -0.25) is 10.1 Å². The van der Waals surface area contributed by atoms with Crippen LogP contribution in [0.3, 0.4) is 0 Å². The molecular weight excluding hydrogens is 354 g/mol. The summed E-state index contributed by atoms with van der Waals surface area (Å²) in [4.78, 5) is 10.5. The maximum absolute atomic E-state index is 11.5. The maximum Gasteiger partial charge on any atom is 0.293 e. The van der Waals surface area contributed by atoms with E-state index in [2.05, 4.69) is 10.0 Å². The van der Waals surface area contributed by atoms with E-state index in [0.29, 0.717) is 22.8 Å². The number of halogens is 1. The summed E-state index contributed by atoms with van der Waals surface area (Å²) in [6.07, 6.45) is 0. The Hall–Kier alpha value is -2.16. The van der Waals surface area contributed by atoms with Gasteiger partial charge in [0.15, 0.2) is 0 Å². The van der Waals surface area contributed by atoms with E-state index in [9.17, 15) is 18.5 Å². The minimum absolute atomic E-state index is 0.0974. The van der Waals surface area contributed by atoms with Crippen molar-refractivity contribution < 1.29 is 13.3 Å². The smallest absolute Gasteiger partial charge is 0.293 e. The molecule has 0 unspecified atom stereocenters.